The quantitative estimate of drug-likeness (QED) is 0.677. The first-order valence-corrected chi connectivity index (χ1v) is 7.00. The Kier molecular flexibility index (Phi) is 3.70. The van der Waals surface area contributed by atoms with Crippen molar-refractivity contribution in [3.8, 4) is 0 Å². The lowest BCUT2D eigenvalue weighted by Crippen LogP contribution is -2.23. The summed E-state index contributed by atoms with van der Waals surface area (Å²) in [5, 5.41) is 0. The third-order valence-electron chi connectivity index (χ3n) is 2.63. The summed E-state index contributed by atoms with van der Waals surface area (Å²) in [6.07, 6.45) is 2.62. The predicted octanol–water partition coefficient (Wildman–Crippen LogP) is 1.43. The summed E-state index contributed by atoms with van der Waals surface area (Å²) < 4.78 is 23.0. The average Bonchev–Trinajstić information content (AvgIpc) is 2.84. The van der Waals surface area contributed by atoms with Crippen LogP contribution in [-0.2, 0) is 14.6 Å². The van der Waals surface area contributed by atoms with Crippen molar-refractivity contribution in [1.82, 2.24) is 0 Å². The third-order valence-corrected chi connectivity index (χ3v) is 4.43. The first kappa shape index (κ1) is 11.7. The molecular weight excluding hydrogens is 200 g/mol. The van der Waals surface area contributed by atoms with Gasteiger partial charge >= 0.3 is 0 Å². The molecule has 1 saturated carbocycles. The first-order chi connectivity index (χ1) is 6.44. The Morgan fingerprint density at radius 2 is 2.00 bits per heavy atom. The van der Waals surface area contributed by atoms with Gasteiger partial charge in [0.25, 0.3) is 0 Å². The van der Waals surface area contributed by atoms with Gasteiger partial charge in [-0.1, -0.05) is 20.3 Å². The Labute approximate surface area is 85.8 Å². The van der Waals surface area contributed by atoms with Gasteiger partial charge in [-0.25, -0.2) is 8.42 Å². The minimum absolute atomic E-state index is 0.0571. The molecule has 0 aromatic carbocycles. The fourth-order valence-corrected chi connectivity index (χ4v) is 3.24. The maximum absolute atomic E-state index is 11.5. The maximum Gasteiger partial charge on any atom is 0.157 e. The summed E-state index contributed by atoms with van der Waals surface area (Å²) in [7, 11) is -3.15. The molecule has 1 unspecified atom stereocenters. The molecule has 0 radical (unpaired) electrons. The molecule has 82 valence electrons. The molecule has 0 N–H and O–H groups in total. The van der Waals surface area contributed by atoms with E-state index >= 15 is 0 Å². The van der Waals surface area contributed by atoms with E-state index in [1.165, 1.54) is 0 Å². The van der Waals surface area contributed by atoms with E-state index in [0.717, 1.165) is 19.3 Å². The van der Waals surface area contributed by atoms with Crippen LogP contribution in [-0.4, -0.2) is 25.7 Å². The van der Waals surface area contributed by atoms with Crippen LogP contribution in [0.4, 0.5) is 0 Å². The van der Waals surface area contributed by atoms with Crippen molar-refractivity contribution in [2.45, 2.75) is 33.1 Å². The molecule has 0 amide bonds. The number of carbonyl (C=O) groups is 1. The number of rotatable bonds is 6. The fraction of sp³-hybridized carbons (Fsp3) is 0.900. The molecule has 14 heavy (non-hydrogen) atoms. The summed E-state index contributed by atoms with van der Waals surface area (Å²) in [5.74, 6) is 0.0614. The van der Waals surface area contributed by atoms with E-state index in [1.807, 2.05) is 13.8 Å². The second-order valence-electron chi connectivity index (χ2n) is 4.31. The van der Waals surface area contributed by atoms with Gasteiger partial charge in [-0.3, -0.25) is 4.79 Å². The number of hydrogen-bond donors (Lipinski definition) is 0. The van der Waals surface area contributed by atoms with Gasteiger partial charge in [0.15, 0.2) is 15.6 Å². The topological polar surface area (TPSA) is 51.2 Å². The molecule has 0 heterocycles. The minimum Gasteiger partial charge on any atom is -0.298 e. The fourth-order valence-electron chi connectivity index (χ4n) is 1.35. The van der Waals surface area contributed by atoms with Crippen LogP contribution in [0, 0.1) is 11.8 Å². The highest BCUT2D eigenvalue weighted by Crippen LogP contribution is 2.30. The van der Waals surface area contributed by atoms with Gasteiger partial charge in [0.05, 0.1) is 5.75 Å². The lowest BCUT2D eigenvalue weighted by atomic mass is 10.2. The highest BCUT2D eigenvalue weighted by molar-refractivity contribution is 7.92. The maximum atomic E-state index is 11.5. The van der Waals surface area contributed by atoms with Gasteiger partial charge in [-0.15, -0.1) is 0 Å². The number of sulfone groups is 1. The Hall–Kier alpha value is -0.380. The average molecular weight is 218 g/mol. The van der Waals surface area contributed by atoms with Crippen LogP contribution in [0.25, 0.3) is 0 Å². The molecule has 0 aromatic heterocycles. The van der Waals surface area contributed by atoms with E-state index in [-0.39, 0.29) is 29.1 Å². The SMILES string of the molecule is CCC(C)CS(=O)(=O)CC(=O)C1CC1. The number of hydrogen-bond acceptors (Lipinski definition) is 3. The second-order valence-corrected chi connectivity index (χ2v) is 6.42. The molecule has 0 aliphatic heterocycles. The smallest absolute Gasteiger partial charge is 0.157 e. The van der Waals surface area contributed by atoms with Crippen LogP contribution in [0.15, 0.2) is 0 Å². The van der Waals surface area contributed by atoms with Gasteiger partial charge in [0.2, 0.25) is 0 Å². The third kappa shape index (κ3) is 3.78. The van der Waals surface area contributed by atoms with E-state index in [9.17, 15) is 13.2 Å². The van der Waals surface area contributed by atoms with Gasteiger partial charge in [0.1, 0.15) is 5.75 Å². The van der Waals surface area contributed by atoms with Crippen molar-refractivity contribution in [1.29, 1.82) is 0 Å². The summed E-state index contributed by atoms with van der Waals surface area (Å²) in [4.78, 5) is 11.3. The standard InChI is InChI=1S/C10H18O3S/c1-3-8(2)6-14(12,13)7-10(11)9-4-5-9/h8-9H,3-7H2,1-2H3. The van der Waals surface area contributed by atoms with Gasteiger partial charge in [-0.05, 0) is 18.8 Å². The number of carbonyl (C=O) groups excluding carboxylic acids is 1. The van der Waals surface area contributed by atoms with E-state index in [2.05, 4.69) is 0 Å². The predicted molar refractivity (Wildman–Crippen MR) is 55.8 cm³/mol. The van der Waals surface area contributed by atoms with E-state index in [0.29, 0.717) is 0 Å². The van der Waals surface area contributed by atoms with Crippen molar-refractivity contribution in [3.63, 3.8) is 0 Å². The zero-order valence-electron chi connectivity index (χ0n) is 8.82. The summed E-state index contributed by atoms with van der Waals surface area (Å²) in [6, 6.07) is 0. The molecule has 0 aromatic rings. The molecule has 0 bridgehead atoms. The Morgan fingerprint density at radius 1 is 1.43 bits per heavy atom. The highest BCUT2D eigenvalue weighted by atomic mass is 32.2. The molecule has 0 spiro atoms. The van der Waals surface area contributed by atoms with Crippen molar-refractivity contribution >= 4 is 15.6 Å². The van der Waals surface area contributed by atoms with Crippen molar-refractivity contribution in [2.24, 2.45) is 11.8 Å². The number of ketones is 1. The lowest BCUT2D eigenvalue weighted by Gasteiger charge is -2.08. The Morgan fingerprint density at radius 3 is 2.43 bits per heavy atom. The van der Waals surface area contributed by atoms with Crippen molar-refractivity contribution in [2.75, 3.05) is 11.5 Å². The van der Waals surface area contributed by atoms with Crippen LogP contribution in [0.2, 0.25) is 0 Å². The van der Waals surface area contributed by atoms with Crippen molar-refractivity contribution in [3.05, 3.63) is 0 Å². The Bertz CT molecular complexity index is 301. The lowest BCUT2D eigenvalue weighted by molar-refractivity contribution is -0.117. The molecule has 3 nitrogen and oxygen atoms in total. The summed E-state index contributed by atoms with van der Waals surface area (Å²) in [6.45, 7) is 3.86. The molecule has 1 rings (SSSR count). The molecule has 1 aliphatic rings. The number of Topliss-reactive ketones (excluding diaryl/α,β-unsaturated/α-hetero) is 1. The van der Waals surface area contributed by atoms with Crippen LogP contribution in [0.5, 0.6) is 0 Å². The van der Waals surface area contributed by atoms with Crippen molar-refractivity contribution < 1.29 is 13.2 Å². The van der Waals surface area contributed by atoms with E-state index in [1.54, 1.807) is 0 Å². The van der Waals surface area contributed by atoms with E-state index in [4.69, 9.17) is 0 Å². The monoisotopic (exact) mass is 218 g/mol. The molecule has 1 atom stereocenters. The van der Waals surface area contributed by atoms with Crippen LogP contribution in [0.1, 0.15) is 33.1 Å². The van der Waals surface area contributed by atoms with Gasteiger partial charge in [-0.2, -0.15) is 0 Å². The van der Waals surface area contributed by atoms with Crippen LogP contribution in [0.3, 0.4) is 0 Å². The zero-order valence-corrected chi connectivity index (χ0v) is 9.64. The van der Waals surface area contributed by atoms with E-state index < -0.39 is 9.84 Å². The van der Waals surface area contributed by atoms with Gasteiger partial charge < -0.3 is 0 Å². The summed E-state index contributed by atoms with van der Waals surface area (Å²) in [5.41, 5.74) is 0. The highest BCUT2D eigenvalue weighted by Gasteiger charge is 2.32. The normalized spacial score (nSPS) is 19.3. The minimum atomic E-state index is -3.15. The van der Waals surface area contributed by atoms with Crippen LogP contribution < -0.4 is 0 Å². The molecule has 4 heteroatoms. The molecule has 1 fully saturated rings. The summed E-state index contributed by atoms with van der Waals surface area (Å²) >= 11 is 0. The zero-order chi connectivity index (χ0) is 10.8. The first-order valence-electron chi connectivity index (χ1n) is 5.17. The largest absolute Gasteiger partial charge is 0.298 e. The second kappa shape index (κ2) is 4.43. The molecular formula is C10H18O3S. The Balaban J connectivity index is 2.44. The molecule has 0 saturated heterocycles. The van der Waals surface area contributed by atoms with Crippen LogP contribution >= 0.6 is 0 Å². The molecule has 1 aliphatic carbocycles. The van der Waals surface area contributed by atoms with Gasteiger partial charge in [0, 0.05) is 5.92 Å².